The normalized spacial score (nSPS) is 24.8. The van der Waals surface area contributed by atoms with E-state index in [0.29, 0.717) is 19.8 Å². The summed E-state index contributed by atoms with van der Waals surface area (Å²) in [5.41, 5.74) is 0. The minimum atomic E-state index is -0.640. The number of aromatic nitrogens is 2. The van der Waals surface area contributed by atoms with Crippen molar-refractivity contribution in [2.45, 2.75) is 31.3 Å². The molecule has 9 heteroatoms. The number of nitrogens with one attached hydrogen (secondary N) is 2. The van der Waals surface area contributed by atoms with Crippen LogP contribution in [-0.4, -0.2) is 59.8 Å². The number of carbonyl (C=O) groups excluding carboxylic acids is 2. The van der Waals surface area contributed by atoms with E-state index in [1.807, 2.05) is 0 Å². The van der Waals surface area contributed by atoms with Crippen LogP contribution in [0.25, 0.3) is 0 Å². The number of ether oxygens (including phenoxy) is 2. The van der Waals surface area contributed by atoms with Gasteiger partial charge in [-0.15, -0.1) is 0 Å². The van der Waals surface area contributed by atoms with Crippen molar-refractivity contribution in [3.63, 3.8) is 0 Å². The van der Waals surface area contributed by atoms with Gasteiger partial charge in [0.2, 0.25) is 5.91 Å². The Morgan fingerprint density at radius 2 is 2.38 bits per heavy atom. The van der Waals surface area contributed by atoms with Gasteiger partial charge in [0.25, 0.3) is 0 Å². The number of hydrogen-bond donors (Lipinski definition) is 2. The van der Waals surface area contributed by atoms with Crippen LogP contribution in [0, 0.1) is 5.92 Å². The zero-order valence-corrected chi connectivity index (χ0v) is 15.0. The molecule has 3 atom stereocenters. The van der Waals surface area contributed by atoms with E-state index < -0.39 is 12.1 Å². The van der Waals surface area contributed by atoms with Gasteiger partial charge in [-0.05, 0) is 35.2 Å². The largest absolute Gasteiger partial charge is 0.453 e. The molecule has 0 aliphatic carbocycles. The fraction of sp³-hybridized carbons (Fsp3) is 0.667. The Kier molecular flexibility index (Phi) is 5.40. The van der Waals surface area contributed by atoms with Crippen LogP contribution < -0.4 is 5.32 Å². The molecule has 2 amide bonds. The lowest BCUT2D eigenvalue weighted by atomic mass is 9.97. The molecular weight excluding hydrogens is 380 g/mol. The van der Waals surface area contributed by atoms with Crippen molar-refractivity contribution < 1.29 is 19.1 Å². The molecule has 3 heterocycles. The number of likely N-dealkylation sites (tertiary alicyclic amines) is 1. The van der Waals surface area contributed by atoms with Crippen LogP contribution in [0.2, 0.25) is 0 Å². The topological polar surface area (TPSA) is 96.5 Å². The summed E-state index contributed by atoms with van der Waals surface area (Å²) in [6, 6.07) is -0.743. The van der Waals surface area contributed by atoms with E-state index >= 15 is 0 Å². The van der Waals surface area contributed by atoms with E-state index in [9.17, 15) is 9.59 Å². The third-order valence-corrected chi connectivity index (χ3v) is 4.98. The minimum absolute atomic E-state index is 0.0406. The van der Waals surface area contributed by atoms with Gasteiger partial charge in [-0.25, -0.2) is 9.78 Å². The molecule has 1 aromatic rings. The zero-order chi connectivity index (χ0) is 17.1. The summed E-state index contributed by atoms with van der Waals surface area (Å²) >= 11 is 3.35. The van der Waals surface area contributed by atoms with Gasteiger partial charge < -0.3 is 24.7 Å². The van der Waals surface area contributed by atoms with Gasteiger partial charge in [0.15, 0.2) is 0 Å². The molecule has 0 radical (unpaired) electrons. The molecule has 1 aromatic heterocycles. The zero-order valence-electron chi connectivity index (χ0n) is 13.5. The number of hydrogen-bond acceptors (Lipinski definition) is 5. The van der Waals surface area contributed by atoms with Gasteiger partial charge in [-0.1, -0.05) is 0 Å². The quantitative estimate of drug-likeness (QED) is 0.799. The molecule has 2 fully saturated rings. The highest BCUT2D eigenvalue weighted by atomic mass is 79.9. The first-order valence-electron chi connectivity index (χ1n) is 8.03. The Labute approximate surface area is 148 Å². The molecule has 8 nitrogen and oxygen atoms in total. The molecule has 2 saturated heterocycles. The van der Waals surface area contributed by atoms with E-state index in [-0.39, 0.29) is 17.9 Å². The maximum atomic E-state index is 13.1. The molecular formula is C15H21BrN4O4. The molecule has 2 unspecified atom stereocenters. The lowest BCUT2D eigenvalue weighted by molar-refractivity contribution is -0.135. The van der Waals surface area contributed by atoms with Crippen molar-refractivity contribution in [3.05, 3.63) is 16.6 Å². The third-order valence-electron chi connectivity index (χ3n) is 4.58. The highest BCUT2D eigenvalue weighted by Gasteiger charge is 2.40. The van der Waals surface area contributed by atoms with Gasteiger partial charge in [0.1, 0.15) is 16.5 Å². The lowest BCUT2D eigenvalue weighted by Gasteiger charge is -2.30. The van der Waals surface area contributed by atoms with E-state index in [1.54, 1.807) is 11.1 Å². The average Bonchev–Trinajstić information content (AvgIpc) is 3.31. The van der Waals surface area contributed by atoms with Crippen molar-refractivity contribution in [1.29, 1.82) is 0 Å². The van der Waals surface area contributed by atoms with Gasteiger partial charge in [0.05, 0.1) is 26.0 Å². The number of aromatic amines is 1. The highest BCUT2D eigenvalue weighted by Crippen LogP contribution is 2.32. The second kappa shape index (κ2) is 7.52. The summed E-state index contributed by atoms with van der Waals surface area (Å²) in [4.78, 5) is 34.1. The second-order valence-electron chi connectivity index (χ2n) is 6.04. The van der Waals surface area contributed by atoms with E-state index in [4.69, 9.17) is 4.74 Å². The first-order chi connectivity index (χ1) is 11.6. The molecule has 24 heavy (non-hydrogen) atoms. The number of methoxy groups -OCH3 is 1. The first kappa shape index (κ1) is 17.2. The number of alkyl carbamates (subject to hydrolysis) is 1. The van der Waals surface area contributed by atoms with Crippen LogP contribution in [0.1, 0.15) is 31.1 Å². The number of carbonyl (C=O) groups is 2. The van der Waals surface area contributed by atoms with Crippen LogP contribution in [-0.2, 0) is 14.3 Å². The summed E-state index contributed by atoms with van der Waals surface area (Å²) in [5, 5.41) is 2.69. The van der Waals surface area contributed by atoms with Gasteiger partial charge in [-0.3, -0.25) is 4.79 Å². The number of halogens is 1. The third kappa shape index (κ3) is 3.56. The molecule has 2 aliphatic rings. The van der Waals surface area contributed by atoms with Crippen LogP contribution in [0.4, 0.5) is 4.79 Å². The predicted molar refractivity (Wildman–Crippen MR) is 88.2 cm³/mol. The van der Waals surface area contributed by atoms with Crippen LogP contribution >= 0.6 is 15.9 Å². The Hall–Kier alpha value is -1.61. The Morgan fingerprint density at radius 3 is 3.00 bits per heavy atom. The van der Waals surface area contributed by atoms with Crippen molar-refractivity contribution in [3.8, 4) is 0 Å². The number of rotatable bonds is 4. The molecule has 0 saturated carbocycles. The summed E-state index contributed by atoms with van der Waals surface area (Å²) in [5.74, 6) is 0.610. The molecule has 132 valence electrons. The Morgan fingerprint density at radius 1 is 1.54 bits per heavy atom. The lowest BCUT2D eigenvalue weighted by Crippen LogP contribution is -2.52. The van der Waals surface area contributed by atoms with Gasteiger partial charge in [-0.2, -0.15) is 0 Å². The molecule has 0 spiro atoms. The fourth-order valence-electron chi connectivity index (χ4n) is 3.36. The maximum Gasteiger partial charge on any atom is 0.407 e. The predicted octanol–water partition coefficient (Wildman–Crippen LogP) is 1.60. The number of amides is 2. The molecule has 0 bridgehead atoms. The SMILES string of the molecule is COC(=O)NC(C(=O)N1CCC[C@H]1c1ncc(Br)[nH]1)C1CCOC1. The van der Waals surface area contributed by atoms with Gasteiger partial charge in [0, 0.05) is 19.1 Å². The maximum absolute atomic E-state index is 13.1. The van der Waals surface area contributed by atoms with Crippen LogP contribution in [0.3, 0.4) is 0 Å². The summed E-state index contributed by atoms with van der Waals surface area (Å²) < 4.78 is 10.9. The van der Waals surface area contributed by atoms with E-state index in [1.165, 1.54) is 7.11 Å². The number of imidazole rings is 1. The number of H-pyrrole nitrogens is 1. The van der Waals surface area contributed by atoms with Crippen molar-refractivity contribution in [2.24, 2.45) is 5.92 Å². The second-order valence-corrected chi connectivity index (χ2v) is 6.90. The average molecular weight is 401 g/mol. The molecule has 3 rings (SSSR count). The minimum Gasteiger partial charge on any atom is -0.453 e. The Balaban J connectivity index is 1.78. The van der Waals surface area contributed by atoms with Crippen LogP contribution in [0.5, 0.6) is 0 Å². The van der Waals surface area contributed by atoms with Crippen molar-refractivity contribution in [2.75, 3.05) is 26.9 Å². The molecule has 2 N–H and O–H groups in total. The summed E-state index contributed by atoms with van der Waals surface area (Å²) in [6.45, 7) is 1.71. The first-order valence-corrected chi connectivity index (χ1v) is 8.82. The van der Waals surface area contributed by atoms with Crippen molar-refractivity contribution >= 4 is 27.9 Å². The van der Waals surface area contributed by atoms with Gasteiger partial charge >= 0.3 is 6.09 Å². The van der Waals surface area contributed by atoms with E-state index in [0.717, 1.165) is 29.7 Å². The summed E-state index contributed by atoms with van der Waals surface area (Å²) in [7, 11) is 1.29. The molecule has 0 aromatic carbocycles. The molecule has 2 aliphatic heterocycles. The van der Waals surface area contributed by atoms with Crippen molar-refractivity contribution in [1.82, 2.24) is 20.2 Å². The summed E-state index contributed by atoms with van der Waals surface area (Å²) in [6.07, 6.45) is 3.58. The van der Waals surface area contributed by atoms with E-state index in [2.05, 4.69) is 36.0 Å². The Bertz CT molecular complexity index is 602. The standard InChI is InChI=1S/C15H21BrN4O4/c1-23-15(22)19-12(9-4-6-24-8-9)14(21)20-5-2-3-10(20)13-17-7-11(16)18-13/h7,9-10,12H,2-6,8H2,1H3,(H,17,18)(H,19,22)/t9?,10-,12?/m0/s1. The monoisotopic (exact) mass is 400 g/mol. The van der Waals surface area contributed by atoms with Crippen LogP contribution in [0.15, 0.2) is 10.8 Å². The highest BCUT2D eigenvalue weighted by molar-refractivity contribution is 9.10. The fourth-order valence-corrected chi connectivity index (χ4v) is 3.66. The smallest absolute Gasteiger partial charge is 0.407 e. The number of nitrogens with zero attached hydrogens (tertiary/aromatic N) is 2.